The van der Waals surface area contributed by atoms with Crippen LogP contribution in [0, 0.1) is 11.8 Å². The number of carboxylic acid groups (broad SMARTS) is 1. The van der Waals surface area contributed by atoms with Crippen LogP contribution in [-0.4, -0.2) is 58.9 Å². The Kier molecular flexibility index (Phi) is 11.9. The molecule has 0 aromatic heterocycles. The second-order valence-electron chi connectivity index (χ2n) is 8.97. The van der Waals surface area contributed by atoms with Crippen molar-refractivity contribution in [3.8, 4) is 0 Å². The van der Waals surface area contributed by atoms with Crippen LogP contribution in [0.25, 0.3) is 0 Å². The maximum absolute atomic E-state index is 13.0. The highest BCUT2D eigenvalue weighted by Gasteiger charge is 2.33. The predicted molar refractivity (Wildman–Crippen MR) is 130 cm³/mol. The molecule has 0 spiro atoms. The molecule has 0 aliphatic heterocycles. The van der Waals surface area contributed by atoms with E-state index in [9.17, 15) is 29.1 Å². The fourth-order valence-corrected chi connectivity index (χ4v) is 3.36. The number of rotatable bonds is 14. The van der Waals surface area contributed by atoms with E-state index in [4.69, 9.17) is 11.5 Å². The van der Waals surface area contributed by atoms with Crippen LogP contribution < -0.4 is 27.4 Å². The molecule has 1 aromatic rings. The molecule has 11 heteroatoms. The first-order chi connectivity index (χ1) is 16.4. The zero-order valence-electron chi connectivity index (χ0n) is 20.6. The van der Waals surface area contributed by atoms with Crippen LogP contribution in [-0.2, 0) is 30.4 Å². The Labute approximate surface area is 205 Å². The van der Waals surface area contributed by atoms with E-state index in [2.05, 4.69) is 16.0 Å². The summed E-state index contributed by atoms with van der Waals surface area (Å²) in [5, 5.41) is 16.9. The number of carbonyl (C=O) groups excluding carboxylic acids is 4. The summed E-state index contributed by atoms with van der Waals surface area (Å²) < 4.78 is 0. The smallest absolute Gasteiger partial charge is 0.326 e. The van der Waals surface area contributed by atoms with Crippen molar-refractivity contribution in [2.75, 3.05) is 0 Å². The molecule has 8 N–H and O–H groups in total. The largest absolute Gasteiger partial charge is 0.480 e. The van der Waals surface area contributed by atoms with E-state index < -0.39 is 66.1 Å². The summed E-state index contributed by atoms with van der Waals surface area (Å²) in [6.45, 7) is 6.83. The van der Waals surface area contributed by atoms with E-state index in [1.165, 1.54) is 0 Å². The van der Waals surface area contributed by atoms with E-state index in [1.54, 1.807) is 52.0 Å². The topological polar surface area (TPSA) is 194 Å². The molecule has 0 aliphatic rings. The molecule has 5 unspecified atom stereocenters. The number of amides is 4. The average Bonchev–Trinajstić information content (AvgIpc) is 2.79. The minimum atomic E-state index is -1.36. The molecule has 0 aliphatic carbocycles. The Morgan fingerprint density at radius 1 is 0.886 bits per heavy atom. The number of nitrogens with two attached hydrogens (primary N) is 2. The number of nitrogens with one attached hydrogen (secondary N) is 3. The minimum absolute atomic E-state index is 0.209. The highest BCUT2D eigenvalue weighted by atomic mass is 16.4. The molecule has 4 amide bonds. The van der Waals surface area contributed by atoms with Crippen LogP contribution >= 0.6 is 0 Å². The molecule has 194 valence electrons. The first-order valence-corrected chi connectivity index (χ1v) is 11.6. The van der Waals surface area contributed by atoms with Crippen LogP contribution in [0.1, 0.15) is 46.1 Å². The fraction of sp³-hybridized carbons (Fsp3) is 0.542. The molecule has 0 heterocycles. The lowest BCUT2D eigenvalue weighted by Crippen LogP contribution is -2.59. The minimum Gasteiger partial charge on any atom is -0.480 e. The van der Waals surface area contributed by atoms with Gasteiger partial charge in [-0.05, 0) is 23.8 Å². The van der Waals surface area contributed by atoms with Gasteiger partial charge in [-0.1, -0.05) is 64.4 Å². The number of carbonyl (C=O) groups is 5. The Morgan fingerprint density at radius 2 is 1.46 bits per heavy atom. The average molecular weight is 492 g/mol. The van der Waals surface area contributed by atoms with Crippen molar-refractivity contribution in [3.63, 3.8) is 0 Å². The van der Waals surface area contributed by atoms with E-state index >= 15 is 0 Å². The zero-order chi connectivity index (χ0) is 26.7. The van der Waals surface area contributed by atoms with Gasteiger partial charge in [0.15, 0.2) is 0 Å². The van der Waals surface area contributed by atoms with Gasteiger partial charge in [0, 0.05) is 0 Å². The number of aliphatic carboxylic acids is 1. The molecular weight excluding hydrogens is 454 g/mol. The highest BCUT2D eigenvalue weighted by molar-refractivity contribution is 5.96. The molecule has 0 fully saturated rings. The maximum Gasteiger partial charge on any atom is 0.326 e. The lowest BCUT2D eigenvalue weighted by atomic mass is 9.97. The quantitative estimate of drug-likeness (QED) is 0.205. The first-order valence-electron chi connectivity index (χ1n) is 11.6. The number of hydrogen-bond acceptors (Lipinski definition) is 6. The van der Waals surface area contributed by atoms with Gasteiger partial charge in [0.05, 0.1) is 12.5 Å². The molecule has 5 atom stereocenters. The summed E-state index contributed by atoms with van der Waals surface area (Å²) >= 11 is 0. The van der Waals surface area contributed by atoms with Crippen LogP contribution in [0.4, 0.5) is 0 Å². The molecule has 0 saturated carbocycles. The second-order valence-corrected chi connectivity index (χ2v) is 8.97. The summed E-state index contributed by atoms with van der Waals surface area (Å²) in [6.07, 6.45) is 0.222. The Bertz CT molecular complexity index is 892. The zero-order valence-corrected chi connectivity index (χ0v) is 20.6. The third kappa shape index (κ3) is 9.73. The summed E-state index contributed by atoms with van der Waals surface area (Å²) in [6, 6.07) is 4.43. The van der Waals surface area contributed by atoms with E-state index in [1.807, 2.05) is 6.07 Å². The Morgan fingerprint density at radius 3 is 1.94 bits per heavy atom. The van der Waals surface area contributed by atoms with Crippen molar-refractivity contribution in [2.45, 2.75) is 71.1 Å². The molecule has 35 heavy (non-hydrogen) atoms. The molecule has 1 aromatic carbocycles. The summed E-state index contributed by atoms with van der Waals surface area (Å²) in [4.78, 5) is 61.5. The highest BCUT2D eigenvalue weighted by Crippen LogP contribution is 2.11. The standard InChI is InChI=1S/C24H37N5O6/c1-5-14(4)20(24(34)35)29-23(33)19(13(2)3)28-22(32)17(12-18(26)30)27-21(31)16(25)11-15-9-7-6-8-10-15/h6-10,13-14,16-17,19-20H,5,11-12,25H2,1-4H3,(H2,26,30)(H,27,31)(H,28,32)(H,29,33)(H,34,35). The van der Waals surface area contributed by atoms with Crippen LogP contribution in [0.15, 0.2) is 30.3 Å². The lowest BCUT2D eigenvalue weighted by molar-refractivity contribution is -0.144. The van der Waals surface area contributed by atoms with Crippen molar-refractivity contribution in [1.82, 2.24) is 16.0 Å². The molecule has 1 rings (SSSR count). The Hall–Kier alpha value is -3.47. The molecule has 0 saturated heterocycles. The number of benzene rings is 1. The molecule has 0 radical (unpaired) electrons. The van der Waals surface area contributed by atoms with Crippen molar-refractivity contribution >= 4 is 29.6 Å². The SMILES string of the molecule is CCC(C)C(NC(=O)C(NC(=O)C(CC(N)=O)NC(=O)C(N)Cc1ccccc1)C(C)C)C(=O)O. The van der Waals surface area contributed by atoms with Gasteiger partial charge < -0.3 is 32.5 Å². The predicted octanol–water partition coefficient (Wildman–Crippen LogP) is -0.327. The van der Waals surface area contributed by atoms with Crippen molar-refractivity contribution < 1.29 is 29.1 Å². The van der Waals surface area contributed by atoms with Gasteiger partial charge in [-0.15, -0.1) is 0 Å². The van der Waals surface area contributed by atoms with E-state index in [-0.39, 0.29) is 12.3 Å². The van der Waals surface area contributed by atoms with E-state index in [0.29, 0.717) is 6.42 Å². The monoisotopic (exact) mass is 491 g/mol. The van der Waals surface area contributed by atoms with E-state index in [0.717, 1.165) is 5.56 Å². The second kappa shape index (κ2) is 14.1. The third-order valence-electron chi connectivity index (χ3n) is 5.70. The van der Waals surface area contributed by atoms with Crippen molar-refractivity contribution in [3.05, 3.63) is 35.9 Å². The summed E-state index contributed by atoms with van der Waals surface area (Å²) in [5.41, 5.74) is 12.0. The van der Waals surface area contributed by atoms with Gasteiger partial charge in [-0.2, -0.15) is 0 Å². The van der Waals surface area contributed by atoms with Gasteiger partial charge in [0.25, 0.3) is 0 Å². The van der Waals surface area contributed by atoms with Crippen molar-refractivity contribution in [2.24, 2.45) is 23.3 Å². The summed E-state index contributed by atoms with van der Waals surface area (Å²) in [7, 11) is 0. The van der Waals surface area contributed by atoms with Gasteiger partial charge in [-0.25, -0.2) is 4.79 Å². The lowest BCUT2D eigenvalue weighted by Gasteiger charge is -2.28. The fourth-order valence-electron chi connectivity index (χ4n) is 3.36. The van der Waals surface area contributed by atoms with Crippen LogP contribution in [0.2, 0.25) is 0 Å². The van der Waals surface area contributed by atoms with Gasteiger partial charge in [0.2, 0.25) is 23.6 Å². The van der Waals surface area contributed by atoms with Crippen LogP contribution in [0.5, 0.6) is 0 Å². The van der Waals surface area contributed by atoms with Crippen LogP contribution in [0.3, 0.4) is 0 Å². The number of hydrogen-bond donors (Lipinski definition) is 6. The van der Waals surface area contributed by atoms with Gasteiger partial charge in [-0.3, -0.25) is 19.2 Å². The Balaban J connectivity index is 2.95. The molecular formula is C24H37N5O6. The van der Waals surface area contributed by atoms with Gasteiger partial charge in [0.1, 0.15) is 18.1 Å². The number of carboxylic acids is 1. The maximum atomic E-state index is 13.0. The third-order valence-corrected chi connectivity index (χ3v) is 5.70. The molecule has 11 nitrogen and oxygen atoms in total. The van der Waals surface area contributed by atoms with Crippen molar-refractivity contribution in [1.29, 1.82) is 0 Å². The summed E-state index contributed by atoms with van der Waals surface area (Å²) in [5.74, 6) is -4.95. The normalized spacial score (nSPS) is 15.3. The number of primary amides is 1. The van der Waals surface area contributed by atoms with Gasteiger partial charge >= 0.3 is 5.97 Å². The first kappa shape index (κ1) is 29.6. The molecule has 0 bridgehead atoms.